The maximum absolute atomic E-state index is 10.6. The SMILES string of the molecule is CC(C)(COc1ccccc1Br)CC(=O)O. The highest BCUT2D eigenvalue weighted by atomic mass is 79.9. The number of carboxylic acids is 1. The molecule has 0 radical (unpaired) electrons. The zero-order valence-corrected chi connectivity index (χ0v) is 11.0. The van der Waals surface area contributed by atoms with Crippen LogP contribution in [0.2, 0.25) is 0 Å². The van der Waals surface area contributed by atoms with Crippen molar-refractivity contribution >= 4 is 21.9 Å². The van der Waals surface area contributed by atoms with Crippen molar-refractivity contribution < 1.29 is 14.6 Å². The van der Waals surface area contributed by atoms with E-state index in [0.717, 1.165) is 10.2 Å². The quantitative estimate of drug-likeness (QED) is 0.903. The second kappa shape index (κ2) is 5.34. The van der Waals surface area contributed by atoms with Crippen molar-refractivity contribution in [3.63, 3.8) is 0 Å². The molecule has 0 saturated carbocycles. The minimum atomic E-state index is -0.805. The molecule has 0 atom stereocenters. The summed E-state index contributed by atoms with van der Waals surface area (Å²) < 4.78 is 6.47. The van der Waals surface area contributed by atoms with Gasteiger partial charge in [0.25, 0.3) is 0 Å². The molecule has 16 heavy (non-hydrogen) atoms. The third-order valence-corrected chi connectivity index (χ3v) is 2.74. The number of halogens is 1. The molecular weight excluding hydrogens is 272 g/mol. The standard InChI is InChI=1S/C12H15BrO3/c1-12(2,7-11(14)15)8-16-10-6-4-3-5-9(10)13/h3-6H,7-8H2,1-2H3,(H,14,15). The van der Waals surface area contributed by atoms with E-state index >= 15 is 0 Å². The van der Waals surface area contributed by atoms with Gasteiger partial charge in [0, 0.05) is 5.41 Å². The van der Waals surface area contributed by atoms with Crippen LogP contribution in [0.4, 0.5) is 0 Å². The van der Waals surface area contributed by atoms with Crippen LogP contribution in [0.5, 0.6) is 5.75 Å². The molecule has 0 aliphatic heterocycles. The van der Waals surface area contributed by atoms with Crippen molar-refractivity contribution in [1.29, 1.82) is 0 Å². The molecule has 0 bridgehead atoms. The molecule has 1 N–H and O–H groups in total. The van der Waals surface area contributed by atoms with E-state index in [1.165, 1.54) is 0 Å². The number of rotatable bonds is 5. The summed E-state index contributed by atoms with van der Waals surface area (Å²) in [4.78, 5) is 10.6. The predicted molar refractivity (Wildman–Crippen MR) is 65.7 cm³/mol. The fourth-order valence-corrected chi connectivity index (χ4v) is 1.69. The Morgan fingerprint density at radius 3 is 2.62 bits per heavy atom. The molecule has 3 nitrogen and oxygen atoms in total. The largest absolute Gasteiger partial charge is 0.492 e. The maximum atomic E-state index is 10.6. The van der Waals surface area contributed by atoms with Crippen LogP contribution < -0.4 is 4.74 Å². The zero-order chi connectivity index (χ0) is 12.2. The fourth-order valence-electron chi connectivity index (χ4n) is 1.30. The van der Waals surface area contributed by atoms with Crippen LogP contribution in [-0.2, 0) is 4.79 Å². The van der Waals surface area contributed by atoms with Gasteiger partial charge in [0.2, 0.25) is 0 Å². The molecule has 88 valence electrons. The predicted octanol–water partition coefficient (Wildman–Crippen LogP) is 3.33. The van der Waals surface area contributed by atoms with Gasteiger partial charge in [-0.15, -0.1) is 0 Å². The van der Waals surface area contributed by atoms with Crippen molar-refractivity contribution in [2.75, 3.05) is 6.61 Å². The van der Waals surface area contributed by atoms with Gasteiger partial charge in [0.1, 0.15) is 5.75 Å². The van der Waals surface area contributed by atoms with E-state index < -0.39 is 5.97 Å². The molecule has 0 saturated heterocycles. The van der Waals surface area contributed by atoms with Gasteiger partial charge in [0.05, 0.1) is 17.5 Å². The van der Waals surface area contributed by atoms with E-state index in [0.29, 0.717) is 6.61 Å². The normalized spacial score (nSPS) is 11.2. The fraction of sp³-hybridized carbons (Fsp3) is 0.417. The second-order valence-electron chi connectivity index (χ2n) is 4.45. The lowest BCUT2D eigenvalue weighted by Gasteiger charge is -2.22. The Labute approximate surface area is 104 Å². The molecule has 0 amide bonds. The molecule has 1 aromatic carbocycles. The Morgan fingerprint density at radius 1 is 1.44 bits per heavy atom. The van der Waals surface area contributed by atoms with Gasteiger partial charge in [-0.1, -0.05) is 26.0 Å². The molecule has 1 aromatic rings. The average molecular weight is 287 g/mol. The van der Waals surface area contributed by atoms with Crippen molar-refractivity contribution in [2.45, 2.75) is 20.3 Å². The number of ether oxygens (including phenoxy) is 1. The summed E-state index contributed by atoms with van der Waals surface area (Å²) in [7, 11) is 0. The summed E-state index contributed by atoms with van der Waals surface area (Å²) in [6.45, 7) is 4.12. The Hall–Kier alpha value is -1.03. The van der Waals surface area contributed by atoms with Gasteiger partial charge in [-0.3, -0.25) is 4.79 Å². The number of carboxylic acid groups (broad SMARTS) is 1. The van der Waals surface area contributed by atoms with Crippen LogP contribution in [0.15, 0.2) is 28.7 Å². The first-order chi connectivity index (χ1) is 7.41. The highest BCUT2D eigenvalue weighted by molar-refractivity contribution is 9.10. The van der Waals surface area contributed by atoms with Gasteiger partial charge in [-0.25, -0.2) is 0 Å². The number of hydrogen-bond acceptors (Lipinski definition) is 2. The number of hydrogen-bond donors (Lipinski definition) is 1. The number of carbonyl (C=O) groups is 1. The minimum absolute atomic E-state index is 0.0947. The third kappa shape index (κ3) is 4.23. The number of benzene rings is 1. The Kier molecular flexibility index (Phi) is 4.35. The summed E-state index contributed by atoms with van der Waals surface area (Å²) in [5.41, 5.74) is -0.374. The Bertz CT molecular complexity index is 374. The van der Waals surface area contributed by atoms with Crippen LogP contribution in [0.1, 0.15) is 20.3 Å². The minimum Gasteiger partial charge on any atom is -0.492 e. The third-order valence-electron chi connectivity index (χ3n) is 2.08. The molecule has 0 aliphatic carbocycles. The Morgan fingerprint density at radius 2 is 2.06 bits per heavy atom. The van der Waals surface area contributed by atoms with Crippen molar-refractivity contribution in [3.8, 4) is 5.75 Å². The number of aliphatic carboxylic acids is 1. The molecule has 0 fully saturated rings. The van der Waals surface area contributed by atoms with Crippen LogP contribution in [-0.4, -0.2) is 17.7 Å². The molecular formula is C12H15BrO3. The lowest BCUT2D eigenvalue weighted by atomic mass is 9.91. The van der Waals surface area contributed by atoms with Crippen LogP contribution in [0.25, 0.3) is 0 Å². The topological polar surface area (TPSA) is 46.5 Å². The van der Waals surface area contributed by atoms with Gasteiger partial charge in [0.15, 0.2) is 0 Å². The van der Waals surface area contributed by atoms with E-state index in [1.54, 1.807) is 0 Å². The van der Waals surface area contributed by atoms with Gasteiger partial charge >= 0.3 is 5.97 Å². The molecule has 0 aromatic heterocycles. The summed E-state index contributed by atoms with van der Waals surface area (Å²) in [5, 5.41) is 8.74. The molecule has 0 spiro atoms. The van der Waals surface area contributed by atoms with Crippen LogP contribution >= 0.6 is 15.9 Å². The van der Waals surface area contributed by atoms with Gasteiger partial charge in [-0.05, 0) is 28.1 Å². The highest BCUT2D eigenvalue weighted by Crippen LogP contribution is 2.27. The molecule has 1 rings (SSSR count). The second-order valence-corrected chi connectivity index (χ2v) is 5.31. The molecule has 0 unspecified atom stereocenters. The van der Waals surface area contributed by atoms with Crippen molar-refractivity contribution in [2.24, 2.45) is 5.41 Å². The summed E-state index contributed by atoms with van der Waals surface area (Å²) in [5.74, 6) is -0.0679. The molecule has 4 heteroatoms. The van der Waals surface area contributed by atoms with Crippen molar-refractivity contribution in [3.05, 3.63) is 28.7 Å². The summed E-state index contributed by atoms with van der Waals surface area (Å²) in [6, 6.07) is 7.52. The first-order valence-electron chi connectivity index (χ1n) is 5.00. The van der Waals surface area contributed by atoms with E-state index in [2.05, 4.69) is 15.9 Å². The average Bonchev–Trinajstić information content (AvgIpc) is 2.14. The lowest BCUT2D eigenvalue weighted by molar-refractivity contribution is -0.139. The van der Waals surface area contributed by atoms with Crippen LogP contribution in [0.3, 0.4) is 0 Å². The van der Waals surface area contributed by atoms with E-state index in [9.17, 15) is 4.79 Å². The summed E-state index contributed by atoms with van der Waals surface area (Å²) >= 11 is 3.37. The van der Waals surface area contributed by atoms with E-state index in [1.807, 2.05) is 38.1 Å². The zero-order valence-electron chi connectivity index (χ0n) is 9.37. The smallest absolute Gasteiger partial charge is 0.304 e. The molecule has 0 heterocycles. The van der Waals surface area contributed by atoms with E-state index in [-0.39, 0.29) is 11.8 Å². The Balaban J connectivity index is 2.57. The van der Waals surface area contributed by atoms with Gasteiger partial charge < -0.3 is 9.84 Å². The first-order valence-corrected chi connectivity index (χ1v) is 5.79. The van der Waals surface area contributed by atoms with Gasteiger partial charge in [-0.2, -0.15) is 0 Å². The highest BCUT2D eigenvalue weighted by Gasteiger charge is 2.23. The lowest BCUT2D eigenvalue weighted by Crippen LogP contribution is -2.24. The van der Waals surface area contributed by atoms with Crippen LogP contribution in [0, 0.1) is 5.41 Å². The van der Waals surface area contributed by atoms with Crippen molar-refractivity contribution in [1.82, 2.24) is 0 Å². The molecule has 0 aliphatic rings. The number of para-hydroxylation sites is 1. The first kappa shape index (κ1) is 13.0. The summed E-state index contributed by atoms with van der Waals surface area (Å²) in [6.07, 6.45) is 0.0947. The monoisotopic (exact) mass is 286 g/mol. The maximum Gasteiger partial charge on any atom is 0.304 e. The van der Waals surface area contributed by atoms with E-state index in [4.69, 9.17) is 9.84 Å².